The molecule has 9 heteroatoms. The molecule has 0 radical (unpaired) electrons. The number of thioether (sulfide) groups is 1. The topological polar surface area (TPSA) is 97.2 Å². The van der Waals surface area contributed by atoms with Gasteiger partial charge in [0.05, 0.1) is 5.56 Å². The summed E-state index contributed by atoms with van der Waals surface area (Å²) in [6, 6.07) is 21.8. The second-order valence-corrected chi connectivity index (χ2v) is 8.66. The van der Waals surface area contributed by atoms with E-state index >= 15 is 0 Å². The number of hydrogen-bond acceptors (Lipinski definition) is 7. The summed E-state index contributed by atoms with van der Waals surface area (Å²) in [6.45, 7) is 0. The van der Waals surface area contributed by atoms with Gasteiger partial charge in [0.25, 0.3) is 0 Å². The van der Waals surface area contributed by atoms with Crippen molar-refractivity contribution in [2.75, 3.05) is 5.32 Å². The fourth-order valence-corrected chi connectivity index (χ4v) is 4.25. The van der Waals surface area contributed by atoms with Gasteiger partial charge in [-0.2, -0.15) is 4.98 Å². The summed E-state index contributed by atoms with van der Waals surface area (Å²) in [4.78, 5) is 15.8. The summed E-state index contributed by atoms with van der Waals surface area (Å²) in [5, 5.41) is 22.4. The average Bonchev–Trinajstić information content (AvgIpc) is 3.00. The van der Waals surface area contributed by atoms with Gasteiger partial charge in [-0.25, -0.2) is 4.79 Å². The molecule has 1 atom stereocenters. The third-order valence-corrected chi connectivity index (χ3v) is 6.24. The van der Waals surface area contributed by atoms with E-state index in [9.17, 15) is 9.90 Å². The molecule has 2 N–H and O–H groups in total. The first kappa shape index (κ1) is 21.2. The standard InChI is InChI=1S/C24H17ClN4O3S/c25-17-11-5-14(6-12-17)13-33-24-27-22-20(28-29-24)18-3-1-2-4-19(18)26-21(32-22)15-7-9-16(10-8-15)23(30)31/h1-12,21,26H,13H2,(H,30,31). The van der Waals surface area contributed by atoms with E-state index in [2.05, 4.69) is 20.5 Å². The second kappa shape index (κ2) is 9.09. The Labute approximate surface area is 198 Å². The number of aromatic carboxylic acids is 1. The van der Waals surface area contributed by atoms with Gasteiger partial charge >= 0.3 is 5.97 Å². The molecule has 1 aliphatic heterocycles. The van der Waals surface area contributed by atoms with E-state index in [0.717, 1.165) is 22.4 Å². The van der Waals surface area contributed by atoms with E-state index in [1.54, 1.807) is 24.3 Å². The maximum absolute atomic E-state index is 11.2. The summed E-state index contributed by atoms with van der Waals surface area (Å²) in [6.07, 6.45) is -0.582. The highest BCUT2D eigenvalue weighted by Crippen LogP contribution is 2.39. The molecule has 33 heavy (non-hydrogen) atoms. The zero-order valence-electron chi connectivity index (χ0n) is 17.1. The summed E-state index contributed by atoms with van der Waals surface area (Å²) in [5.74, 6) is 0.0340. The number of carbonyl (C=O) groups is 1. The van der Waals surface area contributed by atoms with Crippen LogP contribution < -0.4 is 10.1 Å². The molecule has 164 valence electrons. The van der Waals surface area contributed by atoms with Crippen molar-refractivity contribution in [3.8, 4) is 17.1 Å². The fourth-order valence-electron chi connectivity index (χ4n) is 3.39. The Kier molecular flexibility index (Phi) is 5.85. The molecular formula is C24H17ClN4O3S. The smallest absolute Gasteiger partial charge is 0.335 e. The number of ether oxygens (including phenoxy) is 1. The molecule has 4 aromatic rings. The number of rotatable bonds is 5. The van der Waals surface area contributed by atoms with Gasteiger partial charge in [-0.1, -0.05) is 65.8 Å². The summed E-state index contributed by atoms with van der Waals surface area (Å²) < 4.78 is 6.23. The van der Waals surface area contributed by atoms with Crippen molar-refractivity contribution in [1.29, 1.82) is 0 Å². The van der Waals surface area contributed by atoms with Crippen LogP contribution in [0.3, 0.4) is 0 Å². The maximum Gasteiger partial charge on any atom is 0.335 e. The lowest BCUT2D eigenvalue weighted by molar-refractivity contribution is 0.0696. The lowest BCUT2D eigenvalue weighted by Gasteiger charge is -2.19. The Balaban J connectivity index is 1.46. The van der Waals surface area contributed by atoms with Crippen molar-refractivity contribution in [2.45, 2.75) is 17.1 Å². The molecule has 1 aliphatic rings. The SMILES string of the molecule is O=C(O)c1ccc(C2Nc3ccccc3-c3nnc(SCc4ccc(Cl)cc4)nc3O2)cc1. The molecule has 0 spiro atoms. The van der Waals surface area contributed by atoms with Crippen LogP contribution in [0.4, 0.5) is 5.69 Å². The van der Waals surface area contributed by atoms with Crippen LogP contribution in [-0.4, -0.2) is 26.3 Å². The Bertz CT molecular complexity index is 1320. The predicted octanol–water partition coefficient (Wildman–Crippen LogP) is 5.69. The summed E-state index contributed by atoms with van der Waals surface area (Å²) in [7, 11) is 0. The number of para-hydroxylation sites is 1. The Morgan fingerprint density at radius 2 is 1.79 bits per heavy atom. The molecule has 0 aliphatic carbocycles. The van der Waals surface area contributed by atoms with Crippen molar-refractivity contribution in [3.05, 3.63) is 94.5 Å². The van der Waals surface area contributed by atoms with Gasteiger partial charge in [0, 0.05) is 27.6 Å². The first-order chi connectivity index (χ1) is 16.1. The molecule has 1 aromatic heterocycles. The van der Waals surface area contributed by atoms with Gasteiger partial charge in [-0.3, -0.25) is 0 Å². The van der Waals surface area contributed by atoms with Gasteiger partial charge in [0.1, 0.15) is 0 Å². The van der Waals surface area contributed by atoms with Gasteiger partial charge in [-0.15, -0.1) is 10.2 Å². The second-order valence-electron chi connectivity index (χ2n) is 7.28. The van der Waals surface area contributed by atoms with Crippen LogP contribution in [0.2, 0.25) is 5.02 Å². The minimum atomic E-state index is -0.980. The van der Waals surface area contributed by atoms with Crippen LogP contribution in [0, 0.1) is 0 Å². The van der Waals surface area contributed by atoms with Crippen LogP contribution >= 0.6 is 23.4 Å². The zero-order valence-corrected chi connectivity index (χ0v) is 18.7. The molecule has 7 nitrogen and oxygen atoms in total. The molecule has 2 heterocycles. The third kappa shape index (κ3) is 4.62. The number of benzene rings is 3. The highest BCUT2D eigenvalue weighted by atomic mass is 35.5. The van der Waals surface area contributed by atoms with Crippen molar-refractivity contribution in [1.82, 2.24) is 15.2 Å². The van der Waals surface area contributed by atoms with Crippen molar-refractivity contribution < 1.29 is 14.6 Å². The molecule has 0 bridgehead atoms. The first-order valence-corrected chi connectivity index (χ1v) is 11.4. The summed E-state index contributed by atoms with van der Waals surface area (Å²) in [5.41, 5.74) is 4.24. The summed E-state index contributed by atoms with van der Waals surface area (Å²) >= 11 is 7.41. The molecular weight excluding hydrogens is 460 g/mol. The Hall–Kier alpha value is -3.62. The van der Waals surface area contributed by atoms with Crippen LogP contribution in [-0.2, 0) is 5.75 Å². The van der Waals surface area contributed by atoms with E-state index < -0.39 is 12.2 Å². The zero-order chi connectivity index (χ0) is 22.8. The highest BCUT2D eigenvalue weighted by Gasteiger charge is 2.26. The van der Waals surface area contributed by atoms with E-state index in [0.29, 0.717) is 27.5 Å². The normalized spacial score (nSPS) is 14.3. The Morgan fingerprint density at radius 1 is 1.03 bits per heavy atom. The maximum atomic E-state index is 11.2. The highest BCUT2D eigenvalue weighted by molar-refractivity contribution is 7.98. The molecule has 0 amide bonds. The molecule has 1 unspecified atom stereocenters. The third-order valence-electron chi connectivity index (χ3n) is 5.08. The minimum Gasteiger partial charge on any atom is -0.478 e. The number of halogens is 1. The Morgan fingerprint density at radius 3 is 2.55 bits per heavy atom. The number of aromatic nitrogens is 3. The number of hydrogen-bond donors (Lipinski definition) is 2. The van der Waals surface area contributed by atoms with E-state index in [4.69, 9.17) is 16.3 Å². The van der Waals surface area contributed by atoms with E-state index in [-0.39, 0.29) is 5.56 Å². The van der Waals surface area contributed by atoms with Crippen LogP contribution in [0.5, 0.6) is 5.88 Å². The molecule has 3 aromatic carbocycles. The van der Waals surface area contributed by atoms with Crippen molar-refractivity contribution >= 4 is 35.0 Å². The lowest BCUT2D eigenvalue weighted by Crippen LogP contribution is -2.17. The van der Waals surface area contributed by atoms with Gasteiger partial charge in [0.15, 0.2) is 11.9 Å². The molecule has 0 saturated carbocycles. The number of carboxylic acid groups (broad SMARTS) is 1. The van der Waals surface area contributed by atoms with Crippen molar-refractivity contribution in [2.24, 2.45) is 0 Å². The first-order valence-electron chi connectivity index (χ1n) is 10.0. The van der Waals surface area contributed by atoms with E-state index in [1.165, 1.54) is 11.8 Å². The number of nitrogens with one attached hydrogen (secondary N) is 1. The van der Waals surface area contributed by atoms with Crippen molar-refractivity contribution in [3.63, 3.8) is 0 Å². The number of fused-ring (bicyclic) bond motifs is 3. The predicted molar refractivity (Wildman–Crippen MR) is 127 cm³/mol. The quantitative estimate of drug-likeness (QED) is 0.355. The van der Waals surface area contributed by atoms with Gasteiger partial charge < -0.3 is 15.2 Å². The van der Waals surface area contributed by atoms with Crippen LogP contribution in [0.25, 0.3) is 11.3 Å². The van der Waals surface area contributed by atoms with E-state index in [1.807, 2.05) is 48.5 Å². The number of nitrogens with zero attached hydrogens (tertiary/aromatic N) is 3. The largest absolute Gasteiger partial charge is 0.478 e. The fraction of sp³-hybridized carbons (Fsp3) is 0.0833. The van der Waals surface area contributed by atoms with Crippen LogP contribution in [0.15, 0.2) is 78.0 Å². The van der Waals surface area contributed by atoms with Gasteiger partial charge in [-0.05, 0) is 35.9 Å². The molecule has 0 fully saturated rings. The molecule has 0 saturated heterocycles. The number of carboxylic acids is 1. The number of anilines is 1. The lowest BCUT2D eigenvalue weighted by atomic mass is 10.1. The van der Waals surface area contributed by atoms with Crippen LogP contribution in [0.1, 0.15) is 27.7 Å². The van der Waals surface area contributed by atoms with Gasteiger partial charge in [0.2, 0.25) is 11.0 Å². The monoisotopic (exact) mass is 476 g/mol. The average molecular weight is 477 g/mol. The molecule has 5 rings (SSSR count). The minimum absolute atomic E-state index is 0.207.